The minimum absolute atomic E-state index is 0.211. The summed E-state index contributed by atoms with van der Waals surface area (Å²) in [4.78, 5) is 31.3. The molecule has 0 aromatic rings. The maximum absolute atomic E-state index is 10.4. The molecular formula is C34H73O3P. The summed E-state index contributed by atoms with van der Waals surface area (Å²) in [7, 11) is -4.39. The topological polar surface area (TPSA) is 60.7 Å². The quantitative estimate of drug-likeness (QED) is 0.0566. The van der Waals surface area contributed by atoms with Crippen LogP contribution in [0.1, 0.15) is 206 Å². The molecule has 38 heavy (non-hydrogen) atoms. The van der Waals surface area contributed by atoms with Gasteiger partial charge in [0, 0.05) is 0 Å². The van der Waals surface area contributed by atoms with E-state index in [0.717, 1.165) is 38.5 Å². The van der Waals surface area contributed by atoms with Crippen LogP contribution in [0.4, 0.5) is 0 Å². The van der Waals surface area contributed by atoms with Gasteiger partial charge in [0.25, 0.3) is 0 Å². The molecule has 0 aliphatic carbocycles. The zero-order valence-corrected chi connectivity index (χ0v) is 27.3. The minimum atomic E-state index is -4.39. The summed E-state index contributed by atoms with van der Waals surface area (Å²) in [5.74, 6) is 0. The molecule has 4 heteroatoms. The first kappa shape index (κ1) is 38.3. The van der Waals surface area contributed by atoms with Crippen LogP contribution in [-0.2, 0) is 0 Å². The van der Waals surface area contributed by atoms with Crippen LogP contribution in [0, 0.1) is 0 Å². The number of rotatable bonds is 32. The second kappa shape index (κ2) is 27.5. The standard InChI is InChI=1S/C34H73O3P/c1-3-5-7-9-11-13-15-17-19-20-22-24-26-28-30-32-34-38(35,36,37)33-31-29-27-25-23-21-18-16-14-12-10-8-6-4-2/h35-37H,3-34H2,1-2H3. The predicted octanol–water partition coefficient (Wildman–Crippen LogP) is 12.0. The summed E-state index contributed by atoms with van der Waals surface area (Å²) >= 11 is 0. The molecule has 0 heterocycles. The fourth-order valence-corrected chi connectivity index (χ4v) is 7.69. The molecule has 0 atom stereocenters. The molecule has 3 nitrogen and oxygen atoms in total. The first-order valence-corrected chi connectivity index (χ1v) is 20.1. The molecule has 0 saturated heterocycles. The molecule has 0 saturated carbocycles. The van der Waals surface area contributed by atoms with Crippen molar-refractivity contribution in [1.29, 1.82) is 0 Å². The van der Waals surface area contributed by atoms with Crippen LogP contribution in [0.25, 0.3) is 0 Å². The van der Waals surface area contributed by atoms with Crippen LogP contribution in [-0.4, -0.2) is 27.0 Å². The Morgan fingerprint density at radius 1 is 0.263 bits per heavy atom. The molecule has 0 bridgehead atoms. The van der Waals surface area contributed by atoms with E-state index < -0.39 is 7.28 Å². The van der Waals surface area contributed by atoms with Crippen LogP contribution in [0.15, 0.2) is 0 Å². The average molecular weight is 561 g/mol. The molecular weight excluding hydrogens is 487 g/mol. The summed E-state index contributed by atoms with van der Waals surface area (Å²) in [6.07, 6.45) is 39.2. The van der Waals surface area contributed by atoms with Gasteiger partial charge >= 0.3 is 176 Å². The molecule has 0 radical (unpaired) electrons. The van der Waals surface area contributed by atoms with Crippen molar-refractivity contribution in [2.24, 2.45) is 0 Å². The zero-order chi connectivity index (χ0) is 28.1. The Kier molecular flexibility index (Phi) is 27.7. The molecule has 0 rings (SSSR count). The molecule has 0 aliphatic heterocycles. The van der Waals surface area contributed by atoms with Crippen molar-refractivity contribution in [1.82, 2.24) is 0 Å². The van der Waals surface area contributed by atoms with Crippen molar-refractivity contribution >= 4 is 7.28 Å². The van der Waals surface area contributed by atoms with Crippen molar-refractivity contribution in [3.05, 3.63) is 0 Å². The second-order valence-electron chi connectivity index (χ2n) is 12.7. The Morgan fingerprint density at radius 3 is 0.605 bits per heavy atom. The Balaban J connectivity index is 3.41. The van der Waals surface area contributed by atoms with Crippen LogP contribution in [0.5, 0.6) is 0 Å². The Labute approximate surface area is 240 Å². The minimum Gasteiger partial charge on any atom is -0.0654 e. The Morgan fingerprint density at radius 2 is 0.421 bits per heavy atom. The van der Waals surface area contributed by atoms with Gasteiger partial charge in [0.15, 0.2) is 0 Å². The third-order valence-electron chi connectivity index (χ3n) is 8.44. The number of hydrogen-bond acceptors (Lipinski definition) is 3. The van der Waals surface area contributed by atoms with Crippen LogP contribution in [0.3, 0.4) is 0 Å². The van der Waals surface area contributed by atoms with Gasteiger partial charge in [0.05, 0.1) is 0 Å². The van der Waals surface area contributed by atoms with Gasteiger partial charge in [-0.2, -0.15) is 0 Å². The number of unbranched alkanes of at least 4 members (excludes halogenated alkanes) is 28. The Hall–Kier alpha value is 0.310. The first-order chi connectivity index (χ1) is 18.4. The van der Waals surface area contributed by atoms with Crippen LogP contribution < -0.4 is 0 Å². The summed E-state index contributed by atoms with van der Waals surface area (Å²) in [6.45, 7) is 4.55. The average Bonchev–Trinajstić information content (AvgIpc) is 2.88. The fourth-order valence-electron chi connectivity index (χ4n) is 5.73. The molecule has 0 aliphatic rings. The van der Waals surface area contributed by atoms with Gasteiger partial charge in [0.2, 0.25) is 0 Å². The molecule has 0 aromatic heterocycles. The molecule has 3 N–H and O–H groups in total. The fraction of sp³-hybridized carbons (Fsp3) is 1.00. The van der Waals surface area contributed by atoms with Gasteiger partial charge in [-0.1, -0.05) is 65.2 Å². The van der Waals surface area contributed by atoms with Gasteiger partial charge in [-0.05, 0) is 0 Å². The van der Waals surface area contributed by atoms with E-state index in [4.69, 9.17) is 0 Å². The second-order valence-corrected chi connectivity index (χ2v) is 16.3. The van der Waals surface area contributed by atoms with Gasteiger partial charge in [-0.3, -0.25) is 0 Å². The molecule has 0 amide bonds. The van der Waals surface area contributed by atoms with Crippen molar-refractivity contribution in [2.75, 3.05) is 12.3 Å². The monoisotopic (exact) mass is 561 g/mol. The van der Waals surface area contributed by atoms with Gasteiger partial charge < -0.3 is 0 Å². The van der Waals surface area contributed by atoms with Crippen molar-refractivity contribution in [3.63, 3.8) is 0 Å². The van der Waals surface area contributed by atoms with E-state index >= 15 is 0 Å². The van der Waals surface area contributed by atoms with E-state index in [1.807, 2.05) is 0 Å². The number of hydrogen-bond donors (Lipinski definition) is 3. The van der Waals surface area contributed by atoms with Crippen LogP contribution in [0.2, 0.25) is 0 Å². The van der Waals surface area contributed by atoms with E-state index in [0.29, 0.717) is 0 Å². The van der Waals surface area contributed by atoms with E-state index in [-0.39, 0.29) is 12.3 Å². The smallest absolute Gasteiger partial charge is 0.0654 e. The van der Waals surface area contributed by atoms with Crippen LogP contribution >= 0.6 is 7.28 Å². The van der Waals surface area contributed by atoms with Gasteiger partial charge in [-0.25, -0.2) is 0 Å². The molecule has 0 fully saturated rings. The van der Waals surface area contributed by atoms with Gasteiger partial charge in [0.1, 0.15) is 0 Å². The first-order valence-electron chi connectivity index (χ1n) is 17.6. The summed E-state index contributed by atoms with van der Waals surface area (Å²) in [5.41, 5.74) is 0. The summed E-state index contributed by atoms with van der Waals surface area (Å²) < 4.78 is 0. The third kappa shape index (κ3) is 30.8. The third-order valence-corrected chi connectivity index (χ3v) is 10.9. The van der Waals surface area contributed by atoms with Crippen molar-refractivity contribution in [2.45, 2.75) is 206 Å². The molecule has 0 spiro atoms. The molecule has 0 aromatic carbocycles. The molecule has 0 unspecified atom stereocenters. The summed E-state index contributed by atoms with van der Waals surface area (Å²) in [5, 5.41) is 0. The molecule has 232 valence electrons. The van der Waals surface area contributed by atoms with E-state index in [9.17, 15) is 14.7 Å². The van der Waals surface area contributed by atoms with Crippen molar-refractivity contribution < 1.29 is 14.7 Å². The zero-order valence-electron chi connectivity index (χ0n) is 26.4. The van der Waals surface area contributed by atoms with E-state index in [2.05, 4.69) is 13.8 Å². The Bertz CT molecular complexity index is 460. The SMILES string of the molecule is CCCCCCCCCCCCCCCCCCP(O)(O)(O)CCCCCCCCCCCCCCCC. The maximum atomic E-state index is 10.4. The predicted molar refractivity (Wildman–Crippen MR) is 173 cm³/mol. The van der Waals surface area contributed by atoms with Gasteiger partial charge in [-0.15, -0.1) is 0 Å². The van der Waals surface area contributed by atoms with Crippen molar-refractivity contribution in [3.8, 4) is 0 Å². The normalized spacial score (nSPS) is 13.1. The summed E-state index contributed by atoms with van der Waals surface area (Å²) in [6, 6.07) is 0. The van der Waals surface area contributed by atoms with E-state index in [1.165, 1.54) is 154 Å². The van der Waals surface area contributed by atoms with E-state index in [1.54, 1.807) is 0 Å².